The normalized spacial score (nSPS) is 49.8. The van der Waals surface area contributed by atoms with E-state index in [4.69, 9.17) is 0 Å². The molecule has 2 rings (SSSR count). The van der Waals surface area contributed by atoms with Crippen LogP contribution in [0.2, 0.25) is 0 Å². The summed E-state index contributed by atoms with van der Waals surface area (Å²) in [7, 11) is 0. The van der Waals surface area contributed by atoms with Gasteiger partial charge in [-0.1, -0.05) is 12.2 Å². The summed E-state index contributed by atoms with van der Waals surface area (Å²) >= 11 is 0. The average Bonchev–Trinajstić information content (AvgIpc) is 2.22. The fourth-order valence-electron chi connectivity index (χ4n) is 2.45. The number of fused-ring (bicyclic) bond motifs is 2. The minimum absolute atomic E-state index is 0.130. The third-order valence-electron chi connectivity index (χ3n) is 3.15. The van der Waals surface area contributed by atoms with Gasteiger partial charge in [0.25, 0.3) is 0 Å². The van der Waals surface area contributed by atoms with Crippen LogP contribution in [-0.4, -0.2) is 22.4 Å². The molecule has 0 radical (unpaired) electrons. The van der Waals surface area contributed by atoms with Crippen LogP contribution in [0.4, 0.5) is 0 Å². The van der Waals surface area contributed by atoms with Gasteiger partial charge in [-0.25, -0.2) is 0 Å². The van der Waals surface area contributed by atoms with Crippen LogP contribution in [0, 0.1) is 11.8 Å². The van der Waals surface area contributed by atoms with E-state index in [0.29, 0.717) is 6.42 Å². The Kier molecular flexibility index (Phi) is 1.55. The SMILES string of the molecule is C=C1CC(O)C2CCC1C2O. The topological polar surface area (TPSA) is 40.5 Å². The Bertz CT molecular complexity index is 188. The molecule has 0 saturated heterocycles. The molecule has 0 amide bonds. The predicted octanol–water partition coefficient (Wildman–Crippen LogP) is 0.694. The van der Waals surface area contributed by atoms with Gasteiger partial charge in [-0.2, -0.15) is 0 Å². The van der Waals surface area contributed by atoms with E-state index < -0.39 is 0 Å². The molecule has 0 heterocycles. The molecule has 2 nitrogen and oxygen atoms in total. The van der Waals surface area contributed by atoms with Crippen LogP contribution >= 0.6 is 0 Å². The number of hydrogen-bond donors (Lipinski definition) is 2. The molecule has 2 fully saturated rings. The summed E-state index contributed by atoms with van der Waals surface area (Å²) in [5, 5.41) is 19.1. The highest BCUT2D eigenvalue weighted by Crippen LogP contribution is 2.44. The Labute approximate surface area is 66.5 Å². The second-order valence-electron chi connectivity index (χ2n) is 3.77. The highest BCUT2D eigenvalue weighted by Gasteiger charge is 2.44. The maximum Gasteiger partial charge on any atom is 0.0658 e. The molecular weight excluding hydrogens is 140 g/mol. The molecule has 0 spiro atoms. The Morgan fingerprint density at radius 1 is 1.27 bits per heavy atom. The lowest BCUT2D eigenvalue weighted by Crippen LogP contribution is -2.36. The number of rotatable bonds is 0. The summed E-state index contributed by atoms with van der Waals surface area (Å²) in [6.45, 7) is 3.87. The summed E-state index contributed by atoms with van der Waals surface area (Å²) in [6.07, 6.45) is 2.03. The molecule has 2 N–H and O–H groups in total. The van der Waals surface area contributed by atoms with Crippen molar-refractivity contribution in [1.29, 1.82) is 0 Å². The molecule has 0 aliphatic heterocycles. The van der Waals surface area contributed by atoms with Crippen molar-refractivity contribution in [3.05, 3.63) is 12.2 Å². The molecule has 62 valence electrons. The first-order valence-electron chi connectivity index (χ1n) is 4.24. The van der Waals surface area contributed by atoms with Crippen molar-refractivity contribution >= 4 is 0 Å². The summed E-state index contributed by atoms with van der Waals surface area (Å²) in [4.78, 5) is 0. The largest absolute Gasteiger partial charge is 0.392 e. The number of hydrogen-bond acceptors (Lipinski definition) is 2. The van der Waals surface area contributed by atoms with E-state index in [1.807, 2.05) is 0 Å². The summed E-state index contributed by atoms with van der Waals surface area (Å²) in [5.74, 6) is 0.411. The number of aliphatic hydroxyl groups is 2. The van der Waals surface area contributed by atoms with Gasteiger partial charge in [-0.15, -0.1) is 0 Å². The molecule has 0 aromatic heterocycles. The van der Waals surface area contributed by atoms with Gasteiger partial charge in [-0.3, -0.25) is 0 Å². The van der Waals surface area contributed by atoms with Crippen LogP contribution in [0.15, 0.2) is 12.2 Å². The maximum absolute atomic E-state index is 9.63. The standard InChI is InChI=1S/C9H14O2/c1-5-4-8(10)7-3-2-6(5)9(7)11/h6-11H,1-4H2. The van der Waals surface area contributed by atoms with Gasteiger partial charge >= 0.3 is 0 Å². The summed E-state index contributed by atoms with van der Waals surface area (Å²) in [6, 6.07) is 0. The molecule has 4 unspecified atom stereocenters. The van der Waals surface area contributed by atoms with Crippen molar-refractivity contribution in [2.75, 3.05) is 0 Å². The van der Waals surface area contributed by atoms with E-state index in [9.17, 15) is 10.2 Å². The lowest BCUT2D eigenvalue weighted by molar-refractivity contribution is -0.000988. The Balaban J connectivity index is 2.24. The molecule has 2 bridgehead atoms. The molecule has 4 atom stereocenters. The lowest BCUT2D eigenvalue weighted by atomic mass is 9.81. The van der Waals surface area contributed by atoms with E-state index in [1.165, 1.54) is 0 Å². The van der Waals surface area contributed by atoms with Crippen molar-refractivity contribution in [2.24, 2.45) is 11.8 Å². The van der Waals surface area contributed by atoms with E-state index in [2.05, 4.69) is 6.58 Å². The van der Waals surface area contributed by atoms with Crippen molar-refractivity contribution < 1.29 is 10.2 Å². The molecule has 2 aliphatic carbocycles. The van der Waals surface area contributed by atoms with Crippen molar-refractivity contribution in [3.8, 4) is 0 Å². The fourth-order valence-corrected chi connectivity index (χ4v) is 2.45. The maximum atomic E-state index is 9.63. The first-order chi connectivity index (χ1) is 5.20. The van der Waals surface area contributed by atoms with Crippen molar-refractivity contribution in [2.45, 2.75) is 31.5 Å². The molecule has 0 aromatic carbocycles. The van der Waals surface area contributed by atoms with Crippen LogP contribution in [0.1, 0.15) is 19.3 Å². The Morgan fingerprint density at radius 2 is 2.00 bits per heavy atom. The van der Waals surface area contributed by atoms with Crippen LogP contribution in [0.3, 0.4) is 0 Å². The minimum atomic E-state index is -0.337. The zero-order chi connectivity index (χ0) is 8.01. The first kappa shape index (κ1) is 7.32. The lowest BCUT2D eigenvalue weighted by Gasteiger charge is -2.31. The quantitative estimate of drug-likeness (QED) is 0.504. The van der Waals surface area contributed by atoms with Crippen LogP contribution in [0.25, 0.3) is 0 Å². The first-order valence-corrected chi connectivity index (χ1v) is 4.24. The van der Waals surface area contributed by atoms with Crippen LogP contribution in [-0.2, 0) is 0 Å². The molecule has 2 heteroatoms. The zero-order valence-corrected chi connectivity index (χ0v) is 6.53. The van der Waals surface area contributed by atoms with Crippen LogP contribution in [0.5, 0.6) is 0 Å². The second-order valence-corrected chi connectivity index (χ2v) is 3.77. The smallest absolute Gasteiger partial charge is 0.0658 e. The zero-order valence-electron chi connectivity index (χ0n) is 6.53. The van der Waals surface area contributed by atoms with Crippen LogP contribution < -0.4 is 0 Å². The van der Waals surface area contributed by atoms with Crippen molar-refractivity contribution in [3.63, 3.8) is 0 Å². The Hall–Kier alpha value is -0.340. The predicted molar refractivity (Wildman–Crippen MR) is 42.0 cm³/mol. The van der Waals surface area contributed by atoms with E-state index >= 15 is 0 Å². The molecule has 11 heavy (non-hydrogen) atoms. The summed E-state index contributed by atoms with van der Waals surface area (Å²) in [5.41, 5.74) is 1.04. The van der Waals surface area contributed by atoms with Gasteiger partial charge in [0.1, 0.15) is 0 Å². The minimum Gasteiger partial charge on any atom is -0.392 e. The Morgan fingerprint density at radius 3 is 2.73 bits per heavy atom. The highest BCUT2D eigenvalue weighted by molar-refractivity contribution is 5.14. The number of aliphatic hydroxyl groups excluding tert-OH is 2. The van der Waals surface area contributed by atoms with Crippen molar-refractivity contribution in [1.82, 2.24) is 0 Å². The van der Waals surface area contributed by atoms with Gasteiger partial charge in [0, 0.05) is 11.8 Å². The van der Waals surface area contributed by atoms with Gasteiger partial charge in [0.2, 0.25) is 0 Å². The third-order valence-corrected chi connectivity index (χ3v) is 3.15. The monoisotopic (exact) mass is 154 g/mol. The summed E-state index contributed by atoms with van der Waals surface area (Å²) < 4.78 is 0. The second kappa shape index (κ2) is 2.32. The van der Waals surface area contributed by atoms with E-state index in [-0.39, 0.29) is 24.0 Å². The average molecular weight is 154 g/mol. The molecular formula is C9H14O2. The molecule has 2 saturated carbocycles. The van der Waals surface area contributed by atoms with Gasteiger partial charge in [0.05, 0.1) is 12.2 Å². The van der Waals surface area contributed by atoms with Gasteiger partial charge < -0.3 is 10.2 Å². The third kappa shape index (κ3) is 0.932. The van der Waals surface area contributed by atoms with E-state index in [0.717, 1.165) is 18.4 Å². The molecule has 2 aliphatic rings. The van der Waals surface area contributed by atoms with Gasteiger partial charge in [0.15, 0.2) is 0 Å². The van der Waals surface area contributed by atoms with Gasteiger partial charge in [-0.05, 0) is 19.3 Å². The fraction of sp³-hybridized carbons (Fsp3) is 0.778. The highest BCUT2D eigenvalue weighted by atomic mass is 16.3. The van der Waals surface area contributed by atoms with E-state index in [1.54, 1.807) is 0 Å². The molecule has 0 aromatic rings.